The van der Waals surface area contributed by atoms with Crippen LogP contribution in [-0.4, -0.2) is 150 Å². The molecular weight excluding hydrogens is 842 g/mol. The van der Waals surface area contributed by atoms with E-state index in [9.17, 15) is 43.2 Å². The second kappa shape index (κ2) is 22.7. The summed E-state index contributed by atoms with van der Waals surface area (Å²) in [6.07, 6.45) is -6.73. The molecule has 3 aliphatic rings. The van der Waals surface area contributed by atoms with E-state index < -0.39 is 127 Å². The second-order valence-electron chi connectivity index (χ2n) is 16.9. The van der Waals surface area contributed by atoms with Crippen molar-refractivity contribution in [2.24, 2.45) is 0 Å². The van der Waals surface area contributed by atoms with Crippen LogP contribution in [0, 0.1) is 0 Å². The fourth-order valence-corrected chi connectivity index (χ4v) is 7.66. The molecule has 3 saturated heterocycles. The van der Waals surface area contributed by atoms with E-state index in [1.807, 2.05) is 0 Å². The highest BCUT2D eigenvalue weighted by molar-refractivity contribution is 5.95. The summed E-state index contributed by atoms with van der Waals surface area (Å²) in [5.41, 5.74) is -0.114. The SMILES string of the molecule is CC(=O)N[C@H]1[C@@H](O[C@H](C)[C@H](NC(=O)[C@H](C)NC(=O)OCc2ccccc2)C(=O)N2CCC[C@H]2C(=O)N2CCC[C@H]2C(=O)OC(C)(C)C)O[C@H](COC(C)=O)[C@H](OC(C)=O)[C@@H]1OC(C)=O. The first kappa shape index (κ1) is 50.8. The van der Waals surface area contributed by atoms with Crippen molar-refractivity contribution in [2.75, 3.05) is 19.7 Å². The number of hydrogen-bond donors (Lipinski definition) is 3. The van der Waals surface area contributed by atoms with E-state index in [0.29, 0.717) is 24.8 Å². The highest BCUT2D eigenvalue weighted by Crippen LogP contribution is 2.31. The third kappa shape index (κ3) is 14.3. The van der Waals surface area contributed by atoms with E-state index in [2.05, 4.69) is 16.0 Å². The zero-order chi connectivity index (χ0) is 47.5. The topological polar surface area (TPSA) is 261 Å². The zero-order valence-corrected chi connectivity index (χ0v) is 37.7. The molecule has 3 fully saturated rings. The Labute approximate surface area is 371 Å². The van der Waals surface area contributed by atoms with E-state index in [4.69, 9.17) is 33.2 Å². The van der Waals surface area contributed by atoms with Crippen LogP contribution in [0.2, 0.25) is 0 Å². The van der Waals surface area contributed by atoms with E-state index in [-0.39, 0.29) is 26.1 Å². The number of amides is 5. The number of nitrogens with one attached hydrogen (secondary N) is 3. The standard InChI is InChI=1S/C43H61N5O16/c1-23(44-42(57)59-21-29-15-11-10-12-16-29)37(53)46-33(39(55)47-19-13-17-30(47)38(54)48-20-14-18-31(48)40(56)64-43(7,8)9)24(2)60-41-34(45-25(3)49)36(62-28(6)52)35(61-27(5)51)32(63-41)22-58-26(4)50/h10-12,15-16,23-24,30-36,41H,13-14,17-22H2,1-9H3,(H,44,57)(H,45,49)(H,46,53)/t23-,24+,30-,31-,32+,33-,34+,35-,36+,41-/m0/s1. The molecule has 0 saturated carbocycles. The number of hydrogen-bond acceptors (Lipinski definition) is 16. The maximum Gasteiger partial charge on any atom is 0.408 e. The van der Waals surface area contributed by atoms with Crippen molar-refractivity contribution < 1.29 is 76.3 Å². The van der Waals surface area contributed by atoms with Gasteiger partial charge in [-0.1, -0.05) is 30.3 Å². The number of ether oxygens (including phenoxy) is 7. The van der Waals surface area contributed by atoms with Crippen molar-refractivity contribution in [1.29, 1.82) is 0 Å². The first-order valence-electron chi connectivity index (χ1n) is 21.2. The predicted molar refractivity (Wildman–Crippen MR) is 221 cm³/mol. The number of nitrogens with zero attached hydrogens (tertiary/aromatic N) is 2. The molecule has 1 aromatic carbocycles. The summed E-state index contributed by atoms with van der Waals surface area (Å²) in [6, 6.07) is 2.57. The Kier molecular flexibility index (Phi) is 18.0. The van der Waals surface area contributed by atoms with Crippen LogP contribution in [-0.2, 0) is 78.1 Å². The molecule has 21 heteroatoms. The minimum absolute atomic E-state index is 0.0797. The number of esters is 4. The van der Waals surface area contributed by atoms with Crippen LogP contribution in [0.1, 0.15) is 93.6 Å². The second-order valence-corrected chi connectivity index (χ2v) is 16.9. The lowest BCUT2D eigenvalue weighted by Gasteiger charge is -2.46. The Morgan fingerprint density at radius 2 is 1.39 bits per heavy atom. The lowest BCUT2D eigenvalue weighted by Crippen LogP contribution is -2.68. The lowest BCUT2D eigenvalue weighted by molar-refractivity contribution is -0.287. The molecule has 0 bridgehead atoms. The van der Waals surface area contributed by atoms with E-state index in [0.717, 1.165) is 27.7 Å². The molecule has 0 unspecified atom stereocenters. The summed E-state index contributed by atoms with van der Waals surface area (Å²) in [4.78, 5) is 121. The van der Waals surface area contributed by atoms with Crippen LogP contribution in [0.5, 0.6) is 0 Å². The number of benzene rings is 1. The molecule has 21 nitrogen and oxygen atoms in total. The van der Waals surface area contributed by atoms with Crippen molar-refractivity contribution in [3.8, 4) is 0 Å². The third-order valence-corrected chi connectivity index (χ3v) is 10.4. The first-order valence-corrected chi connectivity index (χ1v) is 21.2. The molecule has 3 heterocycles. The zero-order valence-electron chi connectivity index (χ0n) is 37.7. The number of carbonyl (C=O) groups excluding carboxylic acids is 9. The Morgan fingerprint density at radius 3 is 1.98 bits per heavy atom. The summed E-state index contributed by atoms with van der Waals surface area (Å²) < 4.78 is 39.6. The lowest BCUT2D eigenvalue weighted by atomic mass is 9.95. The molecule has 64 heavy (non-hydrogen) atoms. The highest BCUT2D eigenvalue weighted by atomic mass is 16.7. The molecule has 0 radical (unpaired) electrons. The molecule has 0 aliphatic carbocycles. The minimum atomic E-state index is -1.64. The quantitative estimate of drug-likeness (QED) is 0.155. The monoisotopic (exact) mass is 903 g/mol. The maximum atomic E-state index is 14.8. The molecule has 3 aliphatic heterocycles. The Morgan fingerprint density at radius 1 is 0.781 bits per heavy atom. The van der Waals surface area contributed by atoms with E-state index in [1.54, 1.807) is 51.1 Å². The minimum Gasteiger partial charge on any atom is -0.463 e. The summed E-state index contributed by atoms with van der Waals surface area (Å²) in [6.45, 7) is 12.1. The summed E-state index contributed by atoms with van der Waals surface area (Å²) in [5, 5.41) is 7.66. The first-order chi connectivity index (χ1) is 30.1. The van der Waals surface area contributed by atoms with Gasteiger partial charge < -0.3 is 58.9 Å². The van der Waals surface area contributed by atoms with Crippen molar-refractivity contribution in [3.05, 3.63) is 35.9 Å². The van der Waals surface area contributed by atoms with Gasteiger partial charge in [0.1, 0.15) is 55.1 Å². The Hall–Kier alpha value is -5.83. The van der Waals surface area contributed by atoms with Gasteiger partial charge in [-0.3, -0.25) is 33.6 Å². The Balaban J connectivity index is 1.67. The summed E-state index contributed by atoms with van der Waals surface area (Å²) >= 11 is 0. The third-order valence-electron chi connectivity index (χ3n) is 10.4. The van der Waals surface area contributed by atoms with Crippen LogP contribution >= 0.6 is 0 Å². The number of likely N-dealkylation sites (tertiary alicyclic amines) is 2. The molecule has 0 aromatic heterocycles. The number of alkyl carbamates (subject to hydrolysis) is 1. The van der Waals surface area contributed by atoms with E-state index in [1.165, 1.54) is 23.6 Å². The van der Waals surface area contributed by atoms with Gasteiger partial charge in [0, 0.05) is 40.8 Å². The molecule has 4 rings (SSSR count). The smallest absolute Gasteiger partial charge is 0.408 e. The summed E-state index contributed by atoms with van der Waals surface area (Å²) in [5.74, 6) is -5.75. The van der Waals surface area contributed by atoms with Crippen molar-refractivity contribution in [3.63, 3.8) is 0 Å². The van der Waals surface area contributed by atoms with E-state index >= 15 is 0 Å². The molecule has 1 aromatic rings. The van der Waals surface area contributed by atoms with Gasteiger partial charge in [-0.2, -0.15) is 0 Å². The van der Waals surface area contributed by atoms with Gasteiger partial charge in [-0.15, -0.1) is 0 Å². The molecule has 0 spiro atoms. The van der Waals surface area contributed by atoms with Crippen molar-refractivity contribution in [1.82, 2.24) is 25.8 Å². The van der Waals surface area contributed by atoms with Gasteiger partial charge >= 0.3 is 30.0 Å². The molecule has 10 atom stereocenters. The normalized spacial score (nSPS) is 24.5. The van der Waals surface area contributed by atoms with Gasteiger partial charge in [-0.25, -0.2) is 9.59 Å². The average Bonchev–Trinajstić information content (AvgIpc) is 3.91. The Bertz CT molecular complexity index is 1870. The fourth-order valence-electron chi connectivity index (χ4n) is 7.66. The highest BCUT2D eigenvalue weighted by Gasteiger charge is 2.53. The maximum absolute atomic E-state index is 14.8. The number of carbonyl (C=O) groups is 9. The van der Waals surface area contributed by atoms with Crippen LogP contribution < -0.4 is 16.0 Å². The van der Waals surface area contributed by atoms with Gasteiger partial charge in [-0.05, 0) is 65.9 Å². The molecule has 354 valence electrons. The van der Waals surface area contributed by atoms with Gasteiger partial charge in [0.15, 0.2) is 18.5 Å². The van der Waals surface area contributed by atoms with Crippen molar-refractivity contribution in [2.45, 2.75) is 161 Å². The molecule has 3 N–H and O–H groups in total. The van der Waals surface area contributed by atoms with Gasteiger partial charge in [0.05, 0.1) is 6.10 Å². The summed E-state index contributed by atoms with van der Waals surface area (Å²) in [7, 11) is 0. The largest absolute Gasteiger partial charge is 0.463 e. The number of rotatable bonds is 16. The van der Waals surface area contributed by atoms with Gasteiger partial charge in [0.2, 0.25) is 23.6 Å². The predicted octanol–water partition coefficient (Wildman–Crippen LogP) is 1.17. The fraction of sp³-hybridized carbons (Fsp3) is 0.651. The average molecular weight is 904 g/mol. The molecular formula is C43H61N5O16. The van der Waals surface area contributed by atoms with Crippen LogP contribution in [0.3, 0.4) is 0 Å². The van der Waals surface area contributed by atoms with Gasteiger partial charge in [0.25, 0.3) is 0 Å². The molecule has 5 amide bonds. The van der Waals surface area contributed by atoms with Crippen molar-refractivity contribution >= 4 is 53.6 Å². The van der Waals surface area contributed by atoms with Crippen LogP contribution in [0.25, 0.3) is 0 Å². The van der Waals surface area contributed by atoms with Crippen LogP contribution in [0.4, 0.5) is 4.79 Å². The van der Waals surface area contributed by atoms with Crippen LogP contribution in [0.15, 0.2) is 30.3 Å².